The summed E-state index contributed by atoms with van der Waals surface area (Å²) in [7, 11) is 0. The third-order valence-corrected chi connectivity index (χ3v) is 3.29. The van der Waals surface area contributed by atoms with E-state index in [1.54, 1.807) is 0 Å². The molecule has 0 amide bonds. The maximum atomic E-state index is 5.68. The largest absolute Gasteiger partial charge is 0.378 e. The van der Waals surface area contributed by atoms with Crippen molar-refractivity contribution in [1.82, 2.24) is 0 Å². The van der Waals surface area contributed by atoms with Crippen LogP contribution in [0.15, 0.2) is 0 Å². The lowest BCUT2D eigenvalue weighted by Gasteiger charge is -2.22. The molecule has 1 heterocycles. The maximum Gasteiger partial charge on any atom is 0.0612 e. The first-order valence-electron chi connectivity index (χ1n) is 4.91. The van der Waals surface area contributed by atoms with Crippen molar-refractivity contribution < 1.29 is 4.74 Å². The normalized spacial score (nSPS) is 26.5. The van der Waals surface area contributed by atoms with Gasteiger partial charge in [-0.15, -0.1) is 0 Å². The van der Waals surface area contributed by atoms with Gasteiger partial charge in [0.2, 0.25) is 0 Å². The van der Waals surface area contributed by atoms with Gasteiger partial charge in [-0.05, 0) is 31.1 Å². The van der Waals surface area contributed by atoms with Crippen molar-refractivity contribution in [2.24, 2.45) is 11.8 Å². The van der Waals surface area contributed by atoms with Gasteiger partial charge >= 0.3 is 0 Å². The van der Waals surface area contributed by atoms with Crippen LogP contribution in [-0.4, -0.2) is 18.0 Å². The number of rotatable bonds is 4. The molecule has 0 aromatic rings. The van der Waals surface area contributed by atoms with Gasteiger partial charge in [0.25, 0.3) is 0 Å². The maximum absolute atomic E-state index is 5.68. The minimum atomic E-state index is 0.534. The summed E-state index contributed by atoms with van der Waals surface area (Å²) in [4.78, 5) is 0. The summed E-state index contributed by atoms with van der Waals surface area (Å²) in [5.74, 6) is 1.52. The van der Waals surface area contributed by atoms with E-state index in [1.807, 2.05) is 0 Å². The molecule has 0 bridgehead atoms. The summed E-state index contributed by atoms with van der Waals surface area (Å²) in [6, 6.07) is 0. The molecule has 1 fully saturated rings. The van der Waals surface area contributed by atoms with Gasteiger partial charge < -0.3 is 4.74 Å². The van der Waals surface area contributed by atoms with Crippen LogP contribution in [-0.2, 0) is 4.74 Å². The van der Waals surface area contributed by atoms with Crippen molar-refractivity contribution in [1.29, 1.82) is 0 Å². The average molecular weight is 235 g/mol. The second kappa shape index (κ2) is 5.23. The highest BCUT2D eigenvalue weighted by atomic mass is 79.9. The molecule has 0 radical (unpaired) electrons. The van der Waals surface area contributed by atoms with Crippen LogP contribution in [0.25, 0.3) is 0 Å². The smallest absolute Gasteiger partial charge is 0.0612 e. The lowest BCUT2D eigenvalue weighted by atomic mass is 9.92. The first-order chi connectivity index (χ1) is 5.74. The molecule has 1 aliphatic rings. The average Bonchev–Trinajstić information content (AvgIpc) is 2.51. The van der Waals surface area contributed by atoms with E-state index in [9.17, 15) is 0 Å². The first kappa shape index (κ1) is 10.5. The summed E-state index contributed by atoms with van der Waals surface area (Å²) in [5, 5.41) is 1.09. The highest BCUT2D eigenvalue weighted by Crippen LogP contribution is 2.26. The van der Waals surface area contributed by atoms with Crippen LogP contribution in [0.4, 0.5) is 0 Å². The monoisotopic (exact) mass is 234 g/mol. The van der Waals surface area contributed by atoms with Gasteiger partial charge in [-0.25, -0.2) is 0 Å². The van der Waals surface area contributed by atoms with Crippen molar-refractivity contribution in [3.63, 3.8) is 0 Å². The Hall–Kier alpha value is 0.440. The summed E-state index contributed by atoms with van der Waals surface area (Å²) < 4.78 is 5.68. The predicted octanol–water partition coefficient (Wildman–Crippen LogP) is 3.22. The summed E-state index contributed by atoms with van der Waals surface area (Å²) in [6.07, 6.45) is 4.34. The van der Waals surface area contributed by atoms with Crippen molar-refractivity contribution >= 4 is 15.9 Å². The zero-order valence-electron chi connectivity index (χ0n) is 8.05. The van der Waals surface area contributed by atoms with E-state index in [-0.39, 0.29) is 0 Å². The molecule has 72 valence electrons. The molecule has 0 aromatic carbocycles. The molecule has 0 aromatic heterocycles. The molecule has 2 unspecified atom stereocenters. The topological polar surface area (TPSA) is 9.23 Å². The molecular weight excluding hydrogens is 216 g/mol. The van der Waals surface area contributed by atoms with Crippen molar-refractivity contribution in [3.05, 3.63) is 0 Å². The molecule has 1 aliphatic heterocycles. The molecule has 1 rings (SSSR count). The molecule has 0 aliphatic carbocycles. The number of alkyl halides is 1. The van der Waals surface area contributed by atoms with Crippen LogP contribution in [0, 0.1) is 11.8 Å². The molecule has 1 nitrogen and oxygen atoms in total. The van der Waals surface area contributed by atoms with E-state index >= 15 is 0 Å². The van der Waals surface area contributed by atoms with E-state index in [4.69, 9.17) is 4.74 Å². The van der Waals surface area contributed by atoms with Gasteiger partial charge in [0.05, 0.1) is 6.10 Å². The minimum Gasteiger partial charge on any atom is -0.378 e. The van der Waals surface area contributed by atoms with Crippen molar-refractivity contribution in [2.45, 2.75) is 39.2 Å². The molecule has 1 saturated heterocycles. The van der Waals surface area contributed by atoms with Crippen LogP contribution < -0.4 is 0 Å². The Morgan fingerprint density at radius 2 is 2.25 bits per heavy atom. The van der Waals surface area contributed by atoms with Crippen LogP contribution >= 0.6 is 15.9 Å². The predicted molar refractivity (Wildman–Crippen MR) is 55.7 cm³/mol. The Balaban J connectivity index is 2.32. The fraction of sp³-hybridized carbons (Fsp3) is 1.00. The SMILES string of the molecule is CC(C)CC(CBr)C1CCCO1. The second-order valence-electron chi connectivity index (χ2n) is 4.10. The zero-order valence-corrected chi connectivity index (χ0v) is 9.64. The third-order valence-electron chi connectivity index (χ3n) is 2.46. The Morgan fingerprint density at radius 3 is 2.67 bits per heavy atom. The molecule has 12 heavy (non-hydrogen) atoms. The van der Waals surface area contributed by atoms with Crippen LogP contribution in [0.5, 0.6) is 0 Å². The number of halogens is 1. The Labute approximate surface area is 84.0 Å². The van der Waals surface area contributed by atoms with Gasteiger partial charge in [0.15, 0.2) is 0 Å². The Morgan fingerprint density at radius 1 is 1.50 bits per heavy atom. The molecule has 0 N–H and O–H groups in total. The van der Waals surface area contributed by atoms with Gasteiger partial charge in [0, 0.05) is 11.9 Å². The Kier molecular flexibility index (Phi) is 4.59. The quantitative estimate of drug-likeness (QED) is 0.680. The van der Waals surface area contributed by atoms with E-state index in [0.29, 0.717) is 6.10 Å². The second-order valence-corrected chi connectivity index (χ2v) is 4.74. The summed E-state index contributed by atoms with van der Waals surface area (Å²) in [6.45, 7) is 5.54. The van der Waals surface area contributed by atoms with E-state index in [0.717, 1.165) is 23.8 Å². The minimum absolute atomic E-state index is 0.534. The Bertz CT molecular complexity index is 119. The van der Waals surface area contributed by atoms with E-state index < -0.39 is 0 Å². The summed E-state index contributed by atoms with van der Waals surface area (Å²) >= 11 is 3.57. The van der Waals surface area contributed by atoms with Crippen LogP contribution in [0.2, 0.25) is 0 Å². The number of hydrogen-bond donors (Lipinski definition) is 0. The van der Waals surface area contributed by atoms with Crippen molar-refractivity contribution in [2.75, 3.05) is 11.9 Å². The molecular formula is C10H19BrO. The van der Waals surface area contributed by atoms with Gasteiger partial charge in [-0.2, -0.15) is 0 Å². The lowest BCUT2D eigenvalue weighted by Crippen LogP contribution is -2.22. The summed E-state index contributed by atoms with van der Waals surface area (Å²) in [5.41, 5.74) is 0. The fourth-order valence-corrected chi connectivity index (χ4v) is 2.58. The van der Waals surface area contributed by atoms with Crippen molar-refractivity contribution in [3.8, 4) is 0 Å². The van der Waals surface area contributed by atoms with Crippen LogP contribution in [0.3, 0.4) is 0 Å². The highest BCUT2D eigenvalue weighted by molar-refractivity contribution is 9.09. The molecule has 0 saturated carbocycles. The highest BCUT2D eigenvalue weighted by Gasteiger charge is 2.25. The molecule has 0 spiro atoms. The standard InChI is InChI=1S/C10H19BrO/c1-8(2)6-9(7-11)10-4-3-5-12-10/h8-10H,3-7H2,1-2H3. The lowest BCUT2D eigenvalue weighted by molar-refractivity contribution is 0.0639. The number of hydrogen-bond acceptors (Lipinski definition) is 1. The van der Waals surface area contributed by atoms with Gasteiger partial charge in [0.1, 0.15) is 0 Å². The number of ether oxygens (including phenoxy) is 1. The zero-order chi connectivity index (χ0) is 8.97. The van der Waals surface area contributed by atoms with Gasteiger partial charge in [-0.1, -0.05) is 29.8 Å². The molecule has 2 atom stereocenters. The van der Waals surface area contributed by atoms with Crippen LogP contribution in [0.1, 0.15) is 33.1 Å². The van der Waals surface area contributed by atoms with E-state index in [2.05, 4.69) is 29.8 Å². The fourth-order valence-electron chi connectivity index (χ4n) is 1.89. The van der Waals surface area contributed by atoms with E-state index in [1.165, 1.54) is 19.3 Å². The molecule has 2 heteroatoms. The van der Waals surface area contributed by atoms with Gasteiger partial charge in [-0.3, -0.25) is 0 Å². The third kappa shape index (κ3) is 3.06. The first-order valence-corrected chi connectivity index (χ1v) is 6.03.